The van der Waals surface area contributed by atoms with Crippen LogP contribution in [0.2, 0.25) is 0 Å². The molecule has 10 aromatic rings. The molecule has 0 unspecified atom stereocenters. The van der Waals surface area contributed by atoms with Crippen LogP contribution < -0.4 is 0 Å². The Bertz CT molecular complexity index is 4150. The number of aryl methyl sites for hydroxylation is 2. The Kier molecular flexibility index (Phi) is 16.9. The van der Waals surface area contributed by atoms with Gasteiger partial charge in [-0.1, -0.05) is 142 Å². The highest BCUT2D eigenvalue weighted by Crippen LogP contribution is 2.12. The van der Waals surface area contributed by atoms with E-state index in [4.69, 9.17) is 0 Å². The summed E-state index contributed by atoms with van der Waals surface area (Å²) in [6.45, 7) is 4.15. The molecule has 366 valence electrons. The lowest BCUT2D eigenvalue weighted by Gasteiger charge is -1.95. The highest BCUT2D eigenvalue weighted by Gasteiger charge is 1.98. The van der Waals surface area contributed by atoms with Crippen LogP contribution in [-0.4, -0.2) is 0 Å². The summed E-state index contributed by atoms with van der Waals surface area (Å²) < 4.78 is 0. The van der Waals surface area contributed by atoms with Crippen LogP contribution in [-0.2, 0) is 0 Å². The van der Waals surface area contributed by atoms with Crippen LogP contribution in [0.25, 0.3) is 0 Å². The molecule has 0 fully saturated rings. The zero-order valence-corrected chi connectivity index (χ0v) is 44.1. The quantitative estimate of drug-likeness (QED) is 0.133. The lowest BCUT2D eigenvalue weighted by atomic mass is 10.1. The number of benzene rings is 10. The Balaban J connectivity index is 0.655. The molecule has 0 bridgehead atoms. The smallest absolute Gasteiger partial charge is 0.0249 e. The van der Waals surface area contributed by atoms with Crippen molar-refractivity contribution in [3.05, 3.63) is 354 Å². The molecule has 0 N–H and O–H groups in total. The lowest BCUT2D eigenvalue weighted by Crippen LogP contribution is -1.81. The molecule has 0 amide bonds. The van der Waals surface area contributed by atoms with Crippen molar-refractivity contribution in [2.75, 3.05) is 0 Å². The minimum Gasteiger partial charge on any atom is -0.0617 e. The number of rotatable bonds is 0. The van der Waals surface area contributed by atoms with E-state index in [0.717, 1.165) is 100 Å². The van der Waals surface area contributed by atoms with Gasteiger partial charge in [0.15, 0.2) is 0 Å². The molecule has 0 atom stereocenters. The third kappa shape index (κ3) is 15.9. The summed E-state index contributed by atoms with van der Waals surface area (Å²) in [5.41, 5.74) is 19.3. The predicted octanol–water partition coefficient (Wildman–Crippen LogP) is 14.9. The maximum atomic E-state index is 3.27. The van der Waals surface area contributed by atoms with Gasteiger partial charge in [-0.2, -0.15) is 0 Å². The molecule has 0 saturated carbocycles. The Morgan fingerprint density at radius 3 is 0.250 bits per heavy atom. The lowest BCUT2D eigenvalue weighted by molar-refractivity contribution is 1.46. The first-order valence-electron chi connectivity index (χ1n) is 26.0. The van der Waals surface area contributed by atoms with Gasteiger partial charge in [0.2, 0.25) is 0 Å². The van der Waals surface area contributed by atoms with Crippen molar-refractivity contribution in [2.24, 2.45) is 0 Å². The second-order valence-corrected chi connectivity index (χ2v) is 18.6. The minimum absolute atomic E-state index is 0.915. The van der Waals surface area contributed by atoms with Crippen LogP contribution in [0.15, 0.2) is 243 Å². The van der Waals surface area contributed by atoms with E-state index in [-0.39, 0.29) is 0 Å². The van der Waals surface area contributed by atoms with Gasteiger partial charge in [-0.25, -0.2) is 0 Å². The summed E-state index contributed by atoms with van der Waals surface area (Å²) >= 11 is 0. The molecular weight excluding hydrogens is 961 g/mol. The van der Waals surface area contributed by atoms with E-state index in [9.17, 15) is 0 Å². The zero-order valence-electron chi connectivity index (χ0n) is 44.1. The van der Waals surface area contributed by atoms with E-state index >= 15 is 0 Å². The molecule has 0 aromatic heterocycles. The van der Waals surface area contributed by atoms with Crippen molar-refractivity contribution in [3.8, 4) is 107 Å². The molecule has 0 aliphatic carbocycles. The molecular formula is C80H46. The molecule has 0 spiro atoms. The maximum absolute atomic E-state index is 3.27. The highest BCUT2D eigenvalue weighted by atomic mass is 14.0. The van der Waals surface area contributed by atoms with Gasteiger partial charge in [0.25, 0.3) is 0 Å². The molecule has 0 heteroatoms. The third-order valence-electron chi connectivity index (χ3n) is 12.3. The molecule has 0 heterocycles. The van der Waals surface area contributed by atoms with Crippen molar-refractivity contribution < 1.29 is 0 Å². The van der Waals surface area contributed by atoms with Crippen molar-refractivity contribution in [3.63, 3.8) is 0 Å². The first-order chi connectivity index (χ1) is 39.3. The maximum Gasteiger partial charge on any atom is 0.0249 e. The average Bonchev–Trinajstić information content (AvgIpc) is 3.51. The first-order valence-corrected chi connectivity index (χ1v) is 26.0. The SMILES string of the molecule is Cc1ccc(C#Cc2ccc(C#Cc3ccc(C#Cc4ccc(C#Cc5ccc(C#Cc6ccc(C#Cc7ccc(C#Cc8ccc(C#Cc9ccc(C#Cc%10ccc(C)cc%10)cc9)cc8)cc7)cc6)cc5)cc4)cc3)cc2)cc1. The van der Waals surface area contributed by atoms with Crippen molar-refractivity contribution in [1.29, 1.82) is 0 Å². The summed E-state index contributed by atoms with van der Waals surface area (Å²) in [4.78, 5) is 0. The van der Waals surface area contributed by atoms with Crippen LogP contribution >= 0.6 is 0 Å². The van der Waals surface area contributed by atoms with Gasteiger partial charge in [0.1, 0.15) is 0 Å². The van der Waals surface area contributed by atoms with E-state index in [0.29, 0.717) is 0 Å². The van der Waals surface area contributed by atoms with Crippen molar-refractivity contribution in [2.45, 2.75) is 13.8 Å². The van der Waals surface area contributed by atoms with Crippen molar-refractivity contribution in [1.82, 2.24) is 0 Å². The largest absolute Gasteiger partial charge is 0.0617 e. The predicted molar refractivity (Wildman–Crippen MR) is 328 cm³/mol. The number of hydrogen-bond acceptors (Lipinski definition) is 0. The molecule has 10 aromatic carbocycles. The summed E-state index contributed by atoms with van der Waals surface area (Å²) in [5, 5.41) is 0. The normalized spacial score (nSPS) is 9.47. The van der Waals surface area contributed by atoms with E-state index in [1.54, 1.807) is 0 Å². The topological polar surface area (TPSA) is 0 Å². The molecule has 0 aliphatic rings. The monoisotopic (exact) mass is 1010 g/mol. The Labute approximate surface area is 471 Å². The highest BCUT2D eigenvalue weighted by molar-refractivity contribution is 5.55. The van der Waals surface area contributed by atoms with E-state index in [1.807, 2.05) is 218 Å². The van der Waals surface area contributed by atoms with Crippen LogP contribution in [0.5, 0.6) is 0 Å². The second kappa shape index (κ2) is 26.1. The first kappa shape index (κ1) is 51.7. The molecule has 0 nitrogen and oxygen atoms in total. The van der Waals surface area contributed by atoms with Gasteiger partial charge >= 0.3 is 0 Å². The molecule has 10 rings (SSSR count). The van der Waals surface area contributed by atoms with Gasteiger partial charge in [0.05, 0.1) is 0 Å². The van der Waals surface area contributed by atoms with Gasteiger partial charge in [-0.3, -0.25) is 0 Å². The van der Waals surface area contributed by atoms with Gasteiger partial charge in [0, 0.05) is 100 Å². The van der Waals surface area contributed by atoms with Crippen LogP contribution in [0.1, 0.15) is 111 Å². The molecule has 0 radical (unpaired) electrons. The summed E-state index contributed by atoms with van der Waals surface area (Å²) in [5.74, 6) is 58.5. The second-order valence-electron chi connectivity index (χ2n) is 18.6. The van der Waals surface area contributed by atoms with Crippen LogP contribution in [0, 0.1) is 120 Å². The van der Waals surface area contributed by atoms with Gasteiger partial charge in [-0.15, -0.1) is 0 Å². The zero-order chi connectivity index (χ0) is 54.6. The van der Waals surface area contributed by atoms with E-state index < -0.39 is 0 Å². The van der Waals surface area contributed by atoms with Gasteiger partial charge < -0.3 is 0 Å². The third-order valence-corrected chi connectivity index (χ3v) is 12.3. The van der Waals surface area contributed by atoms with Crippen LogP contribution in [0.4, 0.5) is 0 Å². The Morgan fingerprint density at radius 2 is 0.175 bits per heavy atom. The van der Waals surface area contributed by atoms with E-state index in [1.165, 1.54) is 11.1 Å². The van der Waals surface area contributed by atoms with E-state index in [2.05, 4.69) is 145 Å². The summed E-state index contributed by atoms with van der Waals surface area (Å²) in [6.07, 6.45) is 0. The molecule has 0 aliphatic heterocycles. The fourth-order valence-electron chi connectivity index (χ4n) is 7.67. The van der Waals surface area contributed by atoms with Crippen molar-refractivity contribution >= 4 is 0 Å². The average molecular weight is 1010 g/mol. The minimum atomic E-state index is 0.915. The fourth-order valence-corrected chi connectivity index (χ4v) is 7.67. The number of hydrogen-bond donors (Lipinski definition) is 0. The van der Waals surface area contributed by atoms with Crippen LogP contribution in [0.3, 0.4) is 0 Å². The Morgan fingerprint density at radius 1 is 0.113 bits per heavy atom. The standard InChI is InChI=1S/C80H46/c1-61-3-7-63(8-4-61)11-13-65-15-19-67(20-16-65)23-25-69-27-31-71(32-28-69)35-37-73-39-43-75(44-40-73)47-49-77-51-55-79(56-52-77)59-60-80-57-53-78(54-58-80)50-48-76-45-41-74(42-46-76)38-36-72-33-29-70(30-34-72)26-24-68-21-17-66(18-22-68)14-12-64-9-5-62(2)6-10-64/h3-10,15-22,27-34,39-46,51-58H,1-2H3. The Hall–Kier alpha value is -11.8. The fraction of sp³-hybridized carbons (Fsp3) is 0.0250. The van der Waals surface area contributed by atoms with Gasteiger partial charge in [-0.05, 0) is 232 Å². The molecule has 0 saturated heterocycles. The summed E-state index contributed by atoms with van der Waals surface area (Å²) in [6, 6.07) is 80.4. The molecule has 80 heavy (non-hydrogen) atoms. The summed E-state index contributed by atoms with van der Waals surface area (Å²) in [7, 11) is 0.